The second-order valence-electron chi connectivity index (χ2n) is 3.51. The van der Waals surface area contributed by atoms with Crippen molar-refractivity contribution in [2.24, 2.45) is 0 Å². The van der Waals surface area contributed by atoms with Crippen LogP contribution in [0.2, 0.25) is 0 Å². The van der Waals surface area contributed by atoms with Gasteiger partial charge in [0.15, 0.2) is 0 Å². The summed E-state index contributed by atoms with van der Waals surface area (Å²) in [5.41, 5.74) is 0. The number of hydrogen-bond acceptors (Lipinski definition) is 2. The van der Waals surface area contributed by atoms with Crippen LogP contribution >= 0.6 is 0 Å². The normalized spacial score (nSPS) is 9.93. The summed E-state index contributed by atoms with van der Waals surface area (Å²) in [6, 6.07) is 6.12. The van der Waals surface area contributed by atoms with E-state index in [1.807, 2.05) is 12.1 Å². The second kappa shape index (κ2) is 7.20. The minimum Gasteiger partial charge on any atom is -0.469 e. The van der Waals surface area contributed by atoms with Crippen LogP contribution in [-0.2, 0) is 6.42 Å². The Bertz CT molecular complexity index is 258. The van der Waals surface area contributed by atoms with Gasteiger partial charge in [0.25, 0.3) is 0 Å². The Labute approximate surface area is 85.5 Å². The second-order valence-corrected chi connectivity index (χ2v) is 3.51. The quantitative estimate of drug-likeness (QED) is 0.616. The molecule has 0 aliphatic rings. The van der Waals surface area contributed by atoms with E-state index >= 15 is 0 Å². The van der Waals surface area contributed by atoms with E-state index in [0.29, 0.717) is 6.42 Å². The first-order chi connectivity index (χ1) is 6.93. The highest BCUT2D eigenvalue weighted by Gasteiger charge is 1.95. The first-order valence-electron chi connectivity index (χ1n) is 5.33. The van der Waals surface area contributed by atoms with Gasteiger partial charge in [-0.1, -0.05) is 19.3 Å². The highest BCUT2D eigenvalue weighted by molar-refractivity contribution is 4.97. The van der Waals surface area contributed by atoms with Gasteiger partial charge in [0, 0.05) is 12.8 Å². The van der Waals surface area contributed by atoms with Crippen molar-refractivity contribution >= 4 is 0 Å². The summed E-state index contributed by atoms with van der Waals surface area (Å²) < 4.78 is 5.24. The molecule has 0 spiro atoms. The van der Waals surface area contributed by atoms with Gasteiger partial charge in [-0.05, 0) is 25.0 Å². The molecule has 0 aromatic carbocycles. The lowest BCUT2D eigenvalue weighted by atomic mass is 10.1. The van der Waals surface area contributed by atoms with Crippen LogP contribution in [0.1, 0.15) is 44.3 Å². The number of nitriles is 1. The number of nitrogens with zero attached hydrogens (tertiary/aromatic N) is 1. The average Bonchev–Trinajstić information content (AvgIpc) is 2.69. The summed E-state index contributed by atoms with van der Waals surface area (Å²) in [5.74, 6) is 1.09. The lowest BCUT2D eigenvalue weighted by Gasteiger charge is -1.98. The first-order valence-corrected chi connectivity index (χ1v) is 5.33. The average molecular weight is 191 g/mol. The minimum atomic E-state index is 0.707. The largest absolute Gasteiger partial charge is 0.469 e. The predicted molar refractivity (Wildman–Crippen MR) is 55.7 cm³/mol. The molecule has 0 unspecified atom stereocenters. The lowest BCUT2D eigenvalue weighted by Crippen LogP contribution is -1.83. The molecule has 1 aromatic rings. The van der Waals surface area contributed by atoms with E-state index in [-0.39, 0.29) is 0 Å². The van der Waals surface area contributed by atoms with Crippen LogP contribution in [0, 0.1) is 11.3 Å². The van der Waals surface area contributed by atoms with Crippen molar-refractivity contribution in [3.63, 3.8) is 0 Å². The fraction of sp³-hybridized carbons (Fsp3) is 0.583. The molecule has 0 radical (unpaired) electrons. The van der Waals surface area contributed by atoms with Gasteiger partial charge in [-0.2, -0.15) is 5.26 Å². The molecule has 0 aliphatic heterocycles. The molecule has 0 amide bonds. The molecule has 76 valence electrons. The van der Waals surface area contributed by atoms with E-state index in [1.165, 1.54) is 25.7 Å². The zero-order valence-corrected chi connectivity index (χ0v) is 8.54. The maximum Gasteiger partial charge on any atom is 0.103 e. The van der Waals surface area contributed by atoms with Crippen molar-refractivity contribution in [1.29, 1.82) is 5.26 Å². The van der Waals surface area contributed by atoms with Gasteiger partial charge in [0.05, 0.1) is 12.3 Å². The number of hydrogen-bond donors (Lipinski definition) is 0. The molecule has 0 saturated heterocycles. The minimum absolute atomic E-state index is 0.707. The van der Waals surface area contributed by atoms with Crippen LogP contribution in [0.15, 0.2) is 22.8 Å². The fourth-order valence-corrected chi connectivity index (χ4v) is 1.49. The van der Waals surface area contributed by atoms with E-state index in [2.05, 4.69) is 6.07 Å². The molecule has 2 nitrogen and oxygen atoms in total. The molecule has 1 heterocycles. The highest BCUT2D eigenvalue weighted by atomic mass is 16.3. The summed E-state index contributed by atoms with van der Waals surface area (Å²) >= 11 is 0. The molecule has 0 atom stereocenters. The molecule has 14 heavy (non-hydrogen) atoms. The number of unbranched alkanes of at least 4 members (excludes halogenated alkanes) is 5. The van der Waals surface area contributed by atoms with Crippen molar-refractivity contribution in [2.45, 2.75) is 44.9 Å². The van der Waals surface area contributed by atoms with Crippen molar-refractivity contribution in [3.8, 4) is 6.07 Å². The van der Waals surface area contributed by atoms with Gasteiger partial charge in [0.2, 0.25) is 0 Å². The van der Waals surface area contributed by atoms with E-state index in [1.54, 1.807) is 6.26 Å². The third kappa shape index (κ3) is 4.71. The molecular formula is C12H17NO. The maximum atomic E-state index is 8.33. The van der Waals surface area contributed by atoms with Crippen LogP contribution in [0.25, 0.3) is 0 Å². The molecule has 0 bridgehead atoms. The Morgan fingerprint density at radius 2 is 1.93 bits per heavy atom. The Hall–Kier alpha value is -1.23. The van der Waals surface area contributed by atoms with Gasteiger partial charge in [-0.3, -0.25) is 0 Å². The molecule has 2 heteroatoms. The number of aryl methyl sites for hydroxylation is 1. The number of rotatable bonds is 7. The van der Waals surface area contributed by atoms with Gasteiger partial charge < -0.3 is 4.42 Å². The van der Waals surface area contributed by atoms with Gasteiger partial charge in [-0.25, -0.2) is 0 Å². The fourth-order valence-electron chi connectivity index (χ4n) is 1.49. The van der Waals surface area contributed by atoms with Crippen molar-refractivity contribution in [2.75, 3.05) is 0 Å². The van der Waals surface area contributed by atoms with E-state index in [0.717, 1.165) is 18.6 Å². The SMILES string of the molecule is N#CCCCCCCCc1ccco1. The highest BCUT2D eigenvalue weighted by Crippen LogP contribution is 2.09. The Kier molecular flexibility index (Phi) is 5.58. The monoisotopic (exact) mass is 191 g/mol. The maximum absolute atomic E-state index is 8.33. The molecule has 1 rings (SSSR count). The summed E-state index contributed by atoms with van der Waals surface area (Å²) in [7, 11) is 0. The zero-order valence-electron chi connectivity index (χ0n) is 8.54. The molecule has 0 N–H and O–H groups in total. The standard InChI is InChI=1S/C12H17NO/c13-10-6-4-2-1-3-5-8-12-9-7-11-14-12/h7,9,11H,1-6,8H2. The van der Waals surface area contributed by atoms with Crippen LogP contribution in [-0.4, -0.2) is 0 Å². The van der Waals surface area contributed by atoms with Crippen LogP contribution in [0.5, 0.6) is 0 Å². The van der Waals surface area contributed by atoms with Gasteiger partial charge >= 0.3 is 0 Å². The molecule has 1 aromatic heterocycles. The van der Waals surface area contributed by atoms with E-state index in [4.69, 9.17) is 9.68 Å². The summed E-state index contributed by atoms with van der Waals surface area (Å²) in [6.45, 7) is 0. The molecule has 0 fully saturated rings. The zero-order chi connectivity index (χ0) is 10.1. The van der Waals surface area contributed by atoms with E-state index in [9.17, 15) is 0 Å². The Morgan fingerprint density at radius 1 is 1.14 bits per heavy atom. The number of furan rings is 1. The summed E-state index contributed by atoms with van der Waals surface area (Å²) in [5, 5.41) is 8.33. The third-order valence-corrected chi connectivity index (χ3v) is 2.29. The van der Waals surface area contributed by atoms with Gasteiger partial charge in [-0.15, -0.1) is 0 Å². The van der Waals surface area contributed by atoms with Crippen LogP contribution in [0.4, 0.5) is 0 Å². The Morgan fingerprint density at radius 3 is 2.64 bits per heavy atom. The molecular weight excluding hydrogens is 174 g/mol. The molecule has 0 saturated carbocycles. The molecule has 0 aliphatic carbocycles. The third-order valence-electron chi connectivity index (χ3n) is 2.29. The Balaban J connectivity index is 1.88. The lowest BCUT2D eigenvalue weighted by molar-refractivity contribution is 0.492. The van der Waals surface area contributed by atoms with Crippen LogP contribution < -0.4 is 0 Å². The van der Waals surface area contributed by atoms with E-state index < -0.39 is 0 Å². The van der Waals surface area contributed by atoms with Crippen molar-refractivity contribution < 1.29 is 4.42 Å². The van der Waals surface area contributed by atoms with Gasteiger partial charge in [0.1, 0.15) is 5.76 Å². The van der Waals surface area contributed by atoms with Crippen LogP contribution in [0.3, 0.4) is 0 Å². The summed E-state index contributed by atoms with van der Waals surface area (Å²) in [4.78, 5) is 0. The van der Waals surface area contributed by atoms with Crippen molar-refractivity contribution in [3.05, 3.63) is 24.2 Å². The summed E-state index contributed by atoms with van der Waals surface area (Å²) in [6.07, 6.45) is 9.39. The predicted octanol–water partition coefficient (Wildman–Crippen LogP) is 3.69. The topological polar surface area (TPSA) is 36.9 Å². The van der Waals surface area contributed by atoms with Crippen molar-refractivity contribution in [1.82, 2.24) is 0 Å². The first kappa shape index (κ1) is 10.8. The smallest absolute Gasteiger partial charge is 0.103 e.